The molecule has 222 valence electrons. The molecule has 0 saturated carbocycles. The Morgan fingerprint density at radius 3 is 2.29 bits per heavy atom. The number of nitrogens with zero attached hydrogens (tertiary/aromatic N) is 4. The van der Waals surface area contributed by atoms with Crippen molar-refractivity contribution in [2.75, 3.05) is 25.6 Å². The van der Waals surface area contributed by atoms with Crippen molar-refractivity contribution in [1.29, 1.82) is 0 Å². The van der Waals surface area contributed by atoms with E-state index in [-0.39, 0.29) is 24.9 Å². The van der Waals surface area contributed by atoms with Crippen molar-refractivity contribution in [3.8, 4) is 0 Å². The van der Waals surface area contributed by atoms with Gasteiger partial charge in [-0.15, -0.1) is 0 Å². The summed E-state index contributed by atoms with van der Waals surface area (Å²) in [7, 11) is -3.48. The van der Waals surface area contributed by atoms with Crippen LogP contribution in [0.2, 0.25) is 0 Å². The molecule has 4 atom stereocenters. The lowest BCUT2D eigenvalue weighted by molar-refractivity contribution is -0.0686. The smallest absolute Gasteiger partial charge is 0.353 e. The highest BCUT2D eigenvalue weighted by Crippen LogP contribution is 2.50. The number of ether oxygens (including phenoxy) is 3. The van der Waals surface area contributed by atoms with Gasteiger partial charge in [0.05, 0.1) is 45.5 Å². The second kappa shape index (κ2) is 14.2. The van der Waals surface area contributed by atoms with Crippen molar-refractivity contribution in [1.82, 2.24) is 19.5 Å². The maximum atomic E-state index is 13.3. The number of anilines is 1. The first-order valence-electron chi connectivity index (χ1n) is 13.9. The third-order valence-corrected chi connectivity index (χ3v) is 8.64. The van der Waals surface area contributed by atoms with Crippen molar-refractivity contribution >= 4 is 24.6 Å². The predicted octanol–water partition coefficient (Wildman–Crippen LogP) is 5.50. The monoisotopic (exact) mass is 593 g/mol. The van der Waals surface area contributed by atoms with E-state index < -0.39 is 26.0 Å². The topological polar surface area (TPSA) is 133 Å². The molecule has 5 rings (SSSR count). The van der Waals surface area contributed by atoms with Gasteiger partial charge in [-0.3, -0.25) is 9.13 Å². The zero-order valence-electron chi connectivity index (χ0n) is 23.7. The minimum absolute atomic E-state index is 0.240. The van der Waals surface area contributed by atoms with E-state index in [4.69, 9.17) is 29.0 Å². The van der Waals surface area contributed by atoms with Gasteiger partial charge in [0.25, 0.3) is 0 Å². The van der Waals surface area contributed by atoms with Crippen LogP contribution in [0.25, 0.3) is 11.2 Å². The predicted molar refractivity (Wildman–Crippen MR) is 158 cm³/mol. The van der Waals surface area contributed by atoms with Gasteiger partial charge in [-0.1, -0.05) is 60.7 Å². The first kappa shape index (κ1) is 30.0. The molecule has 1 aliphatic rings. The van der Waals surface area contributed by atoms with E-state index >= 15 is 0 Å². The van der Waals surface area contributed by atoms with Crippen LogP contribution in [0.5, 0.6) is 0 Å². The third-order valence-electron chi connectivity index (χ3n) is 6.87. The summed E-state index contributed by atoms with van der Waals surface area (Å²) in [6.45, 7) is 5.08. The van der Waals surface area contributed by atoms with E-state index in [1.807, 2.05) is 60.7 Å². The van der Waals surface area contributed by atoms with Gasteiger partial charge in [0.15, 0.2) is 17.7 Å². The first-order chi connectivity index (χ1) is 20.5. The molecule has 2 aromatic heterocycles. The van der Waals surface area contributed by atoms with Crippen LogP contribution in [0, 0.1) is 5.92 Å². The average molecular weight is 594 g/mol. The lowest BCUT2D eigenvalue weighted by Gasteiger charge is -2.25. The molecular formula is C30H36N5O6P. The number of benzene rings is 2. The number of hydrogen-bond acceptors (Lipinski definition) is 10. The number of aromatic nitrogens is 4. The summed E-state index contributed by atoms with van der Waals surface area (Å²) < 4.78 is 45.5. The van der Waals surface area contributed by atoms with Crippen LogP contribution in [-0.4, -0.2) is 51.5 Å². The molecule has 3 heterocycles. The Balaban J connectivity index is 1.49. The Morgan fingerprint density at radius 1 is 0.952 bits per heavy atom. The molecule has 0 aliphatic carbocycles. The highest BCUT2D eigenvalue weighted by atomic mass is 31.2. The van der Waals surface area contributed by atoms with Crippen molar-refractivity contribution < 1.29 is 27.8 Å². The van der Waals surface area contributed by atoms with E-state index in [9.17, 15) is 4.57 Å². The second-order valence-corrected chi connectivity index (χ2v) is 11.6. The van der Waals surface area contributed by atoms with E-state index in [1.54, 1.807) is 30.8 Å². The maximum absolute atomic E-state index is 13.3. The average Bonchev–Trinajstić information content (AvgIpc) is 3.58. The van der Waals surface area contributed by atoms with Gasteiger partial charge >= 0.3 is 7.60 Å². The number of nitrogens with two attached hydrogens (primary N) is 1. The van der Waals surface area contributed by atoms with Crippen LogP contribution in [0.3, 0.4) is 0 Å². The zero-order chi connectivity index (χ0) is 29.4. The Hall–Kier alpha value is -3.44. The molecule has 2 aromatic carbocycles. The molecule has 11 nitrogen and oxygen atoms in total. The fourth-order valence-electron chi connectivity index (χ4n) is 4.93. The Bertz CT molecular complexity index is 1490. The highest BCUT2D eigenvalue weighted by molar-refractivity contribution is 7.57. The molecule has 0 bridgehead atoms. The normalized spacial score (nSPS) is 21.0. The molecule has 2 N–H and O–H groups in total. The molecule has 1 saturated heterocycles. The van der Waals surface area contributed by atoms with E-state index in [2.05, 4.69) is 15.0 Å². The lowest BCUT2D eigenvalue weighted by atomic mass is 9.98. The van der Waals surface area contributed by atoms with Crippen LogP contribution in [0.15, 0.2) is 85.2 Å². The van der Waals surface area contributed by atoms with Crippen molar-refractivity contribution in [2.24, 2.45) is 5.92 Å². The molecule has 0 spiro atoms. The summed E-state index contributed by atoms with van der Waals surface area (Å²) in [5.41, 5.74) is 9.12. The summed E-state index contributed by atoms with van der Waals surface area (Å²) in [5.74, 6) is 1.44. The van der Waals surface area contributed by atoms with Crippen molar-refractivity contribution in [2.45, 2.75) is 45.5 Å². The molecule has 12 heteroatoms. The molecule has 4 aromatic rings. The van der Waals surface area contributed by atoms with Gasteiger partial charge in [0, 0.05) is 11.7 Å². The molecule has 1 fully saturated rings. The summed E-state index contributed by atoms with van der Waals surface area (Å²) in [6.07, 6.45) is 3.04. The minimum Gasteiger partial charge on any atom is -0.382 e. The molecule has 0 radical (unpaired) electrons. The Morgan fingerprint density at radius 2 is 1.62 bits per heavy atom. The van der Waals surface area contributed by atoms with Gasteiger partial charge in [-0.05, 0) is 31.1 Å². The molecule has 0 amide bonds. The van der Waals surface area contributed by atoms with Gasteiger partial charge < -0.3 is 29.0 Å². The lowest BCUT2D eigenvalue weighted by Crippen LogP contribution is -2.32. The SMILES string of the molecule is CCOP(=O)(/C=C/[C@H]1O[C@@H](n2cnc3c(N)ncnc32)[C@H](OCc2ccccc2)[C@@H]1COCc1ccccc1)OCC. The Kier molecular flexibility index (Phi) is 10.1. The molecule has 42 heavy (non-hydrogen) atoms. The van der Waals surface area contributed by atoms with Crippen molar-refractivity contribution in [3.05, 3.63) is 96.3 Å². The fraction of sp³-hybridized carbons (Fsp3) is 0.367. The molecule has 1 aliphatic heterocycles. The molecule has 0 unspecified atom stereocenters. The van der Waals surface area contributed by atoms with Crippen LogP contribution >= 0.6 is 7.60 Å². The zero-order valence-corrected chi connectivity index (χ0v) is 24.6. The second-order valence-electron chi connectivity index (χ2n) is 9.72. The first-order valence-corrected chi connectivity index (χ1v) is 15.6. The number of fused-ring (bicyclic) bond motifs is 1. The van der Waals surface area contributed by atoms with Gasteiger partial charge in [0.1, 0.15) is 17.9 Å². The summed E-state index contributed by atoms with van der Waals surface area (Å²) >= 11 is 0. The standard InChI is InChI=1S/C30H36N5O6P/c1-3-39-42(36,40-4-2)16-15-25-24(19-37-17-22-11-7-5-8-12-22)27(38-18-23-13-9-6-10-14-23)30(41-25)35-21-34-26-28(31)32-20-33-29(26)35/h5-16,20-21,24-25,27,30H,3-4,17-19H2,1-2H3,(H2,31,32,33)/b16-15+/t24-,25-,27-,30-/m1/s1. The maximum Gasteiger partial charge on any atom is 0.353 e. The number of nitrogen functional groups attached to an aromatic ring is 1. The summed E-state index contributed by atoms with van der Waals surface area (Å²) in [5, 5.41) is 0. The highest BCUT2D eigenvalue weighted by Gasteiger charge is 2.46. The van der Waals surface area contributed by atoms with Crippen LogP contribution < -0.4 is 5.73 Å². The summed E-state index contributed by atoms with van der Waals surface area (Å²) in [6, 6.07) is 19.8. The van der Waals surface area contributed by atoms with E-state index in [0.717, 1.165) is 11.1 Å². The van der Waals surface area contributed by atoms with Gasteiger partial charge in [0.2, 0.25) is 0 Å². The molecular weight excluding hydrogens is 557 g/mol. The quantitative estimate of drug-likeness (QED) is 0.187. The van der Waals surface area contributed by atoms with Crippen LogP contribution in [0.4, 0.5) is 5.82 Å². The minimum atomic E-state index is -3.48. The van der Waals surface area contributed by atoms with E-state index in [0.29, 0.717) is 31.0 Å². The number of rotatable bonds is 14. The third kappa shape index (κ3) is 7.12. The van der Waals surface area contributed by atoms with Crippen LogP contribution in [-0.2, 0) is 41.0 Å². The Labute approximate surface area is 245 Å². The fourth-order valence-corrected chi connectivity index (χ4v) is 6.28. The van der Waals surface area contributed by atoms with Gasteiger partial charge in [-0.2, -0.15) is 0 Å². The van der Waals surface area contributed by atoms with Crippen molar-refractivity contribution in [3.63, 3.8) is 0 Å². The van der Waals surface area contributed by atoms with Crippen LogP contribution in [0.1, 0.15) is 31.2 Å². The van der Waals surface area contributed by atoms with E-state index in [1.165, 1.54) is 12.1 Å². The summed E-state index contributed by atoms with van der Waals surface area (Å²) in [4.78, 5) is 12.9. The number of imidazole rings is 1. The number of hydrogen-bond donors (Lipinski definition) is 1. The van der Waals surface area contributed by atoms with Gasteiger partial charge in [-0.25, -0.2) is 15.0 Å². The largest absolute Gasteiger partial charge is 0.382 e.